The van der Waals surface area contributed by atoms with E-state index in [-0.39, 0.29) is 12.1 Å². The Hall–Kier alpha value is 0.0500. The van der Waals surface area contributed by atoms with Crippen LogP contribution in [-0.4, -0.2) is 37.9 Å². The summed E-state index contributed by atoms with van der Waals surface area (Å²) < 4.78 is 27.7. The second kappa shape index (κ2) is 4.97. The van der Waals surface area contributed by atoms with Crippen molar-refractivity contribution < 1.29 is 8.42 Å². The van der Waals surface area contributed by atoms with Crippen LogP contribution in [-0.2, 0) is 10.0 Å². The van der Waals surface area contributed by atoms with Gasteiger partial charge in [0.2, 0.25) is 0 Å². The van der Waals surface area contributed by atoms with E-state index in [2.05, 4.69) is 21.2 Å². The van der Waals surface area contributed by atoms with Crippen molar-refractivity contribution in [2.45, 2.75) is 30.1 Å². The molecule has 2 heterocycles. The molecule has 2 atom stereocenters. The fraction of sp³-hybridized carbons (Fsp3) is 0.600. The first kappa shape index (κ1) is 13.5. The highest BCUT2D eigenvalue weighted by Crippen LogP contribution is 2.31. The van der Waals surface area contributed by atoms with E-state index >= 15 is 0 Å². The molecule has 1 aromatic rings. The number of hydrogen-bond donors (Lipinski definition) is 1. The fourth-order valence-electron chi connectivity index (χ4n) is 1.89. The Morgan fingerprint density at radius 1 is 1.53 bits per heavy atom. The smallest absolute Gasteiger partial charge is 0.254 e. The average Bonchev–Trinajstić information content (AvgIpc) is 2.68. The van der Waals surface area contributed by atoms with Gasteiger partial charge in [0, 0.05) is 29.6 Å². The van der Waals surface area contributed by atoms with Gasteiger partial charge >= 0.3 is 0 Å². The Kier molecular flexibility index (Phi) is 3.94. The molecular weight excluding hydrogens is 324 g/mol. The van der Waals surface area contributed by atoms with Gasteiger partial charge in [-0.05, 0) is 41.2 Å². The van der Waals surface area contributed by atoms with E-state index in [1.165, 1.54) is 11.3 Å². The largest absolute Gasteiger partial charge is 0.311 e. The van der Waals surface area contributed by atoms with Crippen LogP contribution in [0.4, 0.5) is 0 Å². The van der Waals surface area contributed by atoms with Gasteiger partial charge in [0.05, 0.1) is 0 Å². The lowest BCUT2D eigenvalue weighted by Gasteiger charge is -2.36. The molecule has 1 saturated heterocycles. The number of rotatable bonds is 2. The molecule has 2 unspecified atom stereocenters. The van der Waals surface area contributed by atoms with Gasteiger partial charge in [0.1, 0.15) is 4.21 Å². The lowest BCUT2D eigenvalue weighted by atomic mass is 10.2. The Morgan fingerprint density at radius 2 is 2.24 bits per heavy atom. The Labute approximate surface area is 114 Å². The van der Waals surface area contributed by atoms with Gasteiger partial charge in [0.15, 0.2) is 0 Å². The number of nitrogens with zero attached hydrogens (tertiary/aromatic N) is 1. The molecule has 1 fully saturated rings. The molecule has 2 rings (SSSR count). The standard InChI is InChI=1S/C10H15BrN2O2S2/c1-7-6-13(8(2)5-12-7)17(14,15)10-9(11)3-4-16-10/h3-4,7-8,12H,5-6H2,1-2H3. The number of piperazine rings is 1. The van der Waals surface area contributed by atoms with Crippen molar-refractivity contribution in [3.63, 3.8) is 0 Å². The van der Waals surface area contributed by atoms with Crippen molar-refractivity contribution in [2.24, 2.45) is 0 Å². The lowest BCUT2D eigenvalue weighted by Crippen LogP contribution is -2.56. The van der Waals surface area contributed by atoms with Crippen LogP contribution >= 0.6 is 27.3 Å². The van der Waals surface area contributed by atoms with E-state index in [9.17, 15) is 8.42 Å². The maximum Gasteiger partial charge on any atom is 0.254 e. The second-order valence-corrected chi connectivity index (χ2v) is 8.15. The molecule has 0 amide bonds. The molecule has 1 N–H and O–H groups in total. The van der Waals surface area contributed by atoms with Crippen molar-refractivity contribution in [1.82, 2.24) is 9.62 Å². The second-order valence-electron chi connectivity index (χ2n) is 4.29. The average molecular weight is 339 g/mol. The zero-order valence-corrected chi connectivity index (χ0v) is 12.9. The Balaban J connectivity index is 2.35. The minimum atomic E-state index is -3.37. The van der Waals surface area contributed by atoms with Gasteiger partial charge in [-0.2, -0.15) is 4.31 Å². The van der Waals surface area contributed by atoms with Gasteiger partial charge in [-0.1, -0.05) is 0 Å². The van der Waals surface area contributed by atoms with Crippen LogP contribution in [0.25, 0.3) is 0 Å². The van der Waals surface area contributed by atoms with E-state index in [1.807, 2.05) is 13.8 Å². The summed E-state index contributed by atoms with van der Waals surface area (Å²) in [5.41, 5.74) is 0. The lowest BCUT2D eigenvalue weighted by molar-refractivity contribution is 0.245. The van der Waals surface area contributed by atoms with Gasteiger partial charge in [0.25, 0.3) is 10.0 Å². The van der Waals surface area contributed by atoms with Crippen molar-refractivity contribution >= 4 is 37.3 Å². The number of thiophene rings is 1. The molecule has 0 aliphatic carbocycles. The molecule has 0 aromatic carbocycles. The number of halogens is 1. The highest BCUT2D eigenvalue weighted by molar-refractivity contribution is 9.10. The number of nitrogens with one attached hydrogen (secondary N) is 1. The normalized spacial score (nSPS) is 27.2. The molecule has 17 heavy (non-hydrogen) atoms. The van der Waals surface area contributed by atoms with E-state index in [4.69, 9.17) is 0 Å². The summed E-state index contributed by atoms with van der Waals surface area (Å²) in [7, 11) is -3.37. The third-order valence-electron chi connectivity index (χ3n) is 2.83. The first-order chi connectivity index (χ1) is 7.93. The highest BCUT2D eigenvalue weighted by atomic mass is 79.9. The van der Waals surface area contributed by atoms with Gasteiger partial charge < -0.3 is 5.32 Å². The molecule has 4 nitrogen and oxygen atoms in total. The summed E-state index contributed by atoms with van der Waals surface area (Å²) >= 11 is 4.55. The van der Waals surface area contributed by atoms with Crippen LogP contribution in [0.15, 0.2) is 20.1 Å². The quantitative estimate of drug-likeness (QED) is 0.895. The first-order valence-corrected chi connectivity index (χ1v) is 8.52. The summed E-state index contributed by atoms with van der Waals surface area (Å²) in [6.07, 6.45) is 0. The number of hydrogen-bond acceptors (Lipinski definition) is 4. The molecule has 7 heteroatoms. The summed E-state index contributed by atoms with van der Waals surface area (Å²) in [5.74, 6) is 0. The molecular formula is C10H15BrN2O2S2. The third-order valence-corrected chi connectivity index (χ3v) is 7.46. The van der Waals surface area contributed by atoms with Gasteiger partial charge in [-0.3, -0.25) is 0 Å². The maximum absolute atomic E-state index is 12.5. The van der Waals surface area contributed by atoms with Crippen LogP contribution in [0, 0.1) is 0 Å². The van der Waals surface area contributed by atoms with Crippen molar-refractivity contribution in [3.8, 4) is 0 Å². The summed E-state index contributed by atoms with van der Waals surface area (Å²) in [5, 5.41) is 5.06. The molecule has 0 bridgehead atoms. The topological polar surface area (TPSA) is 49.4 Å². The van der Waals surface area contributed by atoms with Crippen LogP contribution in [0.2, 0.25) is 0 Å². The zero-order chi connectivity index (χ0) is 12.6. The van der Waals surface area contributed by atoms with E-state index in [0.717, 1.165) is 0 Å². The molecule has 1 aromatic heterocycles. The van der Waals surface area contributed by atoms with Gasteiger partial charge in [-0.15, -0.1) is 11.3 Å². The highest BCUT2D eigenvalue weighted by Gasteiger charge is 2.35. The first-order valence-electron chi connectivity index (χ1n) is 5.41. The van der Waals surface area contributed by atoms with Crippen molar-refractivity contribution in [2.75, 3.05) is 13.1 Å². The molecule has 1 aliphatic rings. The molecule has 0 radical (unpaired) electrons. The predicted molar refractivity (Wildman–Crippen MR) is 72.8 cm³/mol. The van der Waals surface area contributed by atoms with E-state index < -0.39 is 10.0 Å². The Bertz CT molecular complexity index is 500. The SMILES string of the molecule is CC1CN(S(=O)(=O)c2sccc2Br)C(C)CN1. The minimum absolute atomic E-state index is 0.00907. The molecule has 0 saturated carbocycles. The van der Waals surface area contributed by atoms with Crippen LogP contribution < -0.4 is 5.32 Å². The van der Waals surface area contributed by atoms with E-state index in [0.29, 0.717) is 21.8 Å². The summed E-state index contributed by atoms with van der Waals surface area (Å²) in [6, 6.07) is 1.96. The monoisotopic (exact) mass is 338 g/mol. The fourth-order valence-corrected chi connectivity index (χ4v) is 6.04. The molecule has 0 spiro atoms. The van der Waals surface area contributed by atoms with Gasteiger partial charge in [-0.25, -0.2) is 8.42 Å². The van der Waals surface area contributed by atoms with Crippen molar-refractivity contribution in [3.05, 3.63) is 15.9 Å². The predicted octanol–water partition coefficient (Wildman–Crippen LogP) is 1.88. The Morgan fingerprint density at radius 3 is 2.82 bits per heavy atom. The summed E-state index contributed by atoms with van der Waals surface area (Å²) in [4.78, 5) is 0. The molecule has 1 aliphatic heterocycles. The van der Waals surface area contributed by atoms with Crippen LogP contribution in [0.5, 0.6) is 0 Å². The summed E-state index contributed by atoms with van der Waals surface area (Å²) in [6.45, 7) is 5.15. The molecule has 96 valence electrons. The van der Waals surface area contributed by atoms with E-state index in [1.54, 1.807) is 15.8 Å². The number of sulfonamides is 1. The zero-order valence-electron chi connectivity index (χ0n) is 9.68. The maximum atomic E-state index is 12.5. The van der Waals surface area contributed by atoms with Crippen molar-refractivity contribution in [1.29, 1.82) is 0 Å². The third kappa shape index (κ3) is 2.58. The van der Waals surface area contributed by atoms with Crippen LogP contribution in [0.1, 0.15) is 13.8 Å². The minimum Gasteiger partial charge on any atom is -0.311 e. The van der Waals surface area contributed by atoms with Crippen LogP contribution in [0.3, 0.4) is 0 Å².